The largest absolute Gasteiger partial charge is 0.391 e. The lowest BCUT2D eigenvalue weighted by atomic mass is 9.92. The minimum absolute atomic E-state index is 0.126. The van der Waals surface area contributed by atoms with Crippen molar-refractivity contribution in [3.63, 3.8) is 0 Å². The quantitative estimate of drug-likeness (QED) is 0.480. The predicted molar refractivity (Wildman–Crippen MR) is 126 cm³/mol. The van der Waals surface area contributed by atoms with Gasteiger partial charge in [0.2, 0.25) is 12.3 Å². The van der Waals surface area contributed by atoms with Gasteiger partial charge >= 0.3 is 0 Å². The van der Waals surface area contributed by atoms with Gasteiger partial charge in [-0.3, -0.25) is 14.6 Å². The number of aryl methyl sites for hydroxylation is 1. The average Bonchev–Trinajstić information content (AvgIpc) is 3.46. The van der Waals surface area contributed by atoms with E-state index < -0.39 is 30.3 Å². The molecule has 1 aliphatic heterocycles. The van der Waals surface area contributed by atoms with Crippen LogP contribution in [-0.4, -0.2) is 52.5 Å². The normalized spacial score (nSPS) is 21.1. The lowest BCUT2D eigenvalue weighted by Crippen LogP contribution is -2.37. The standard InChI is InChI=1S/C22H24F2N4O2.C2H5NO/c1-4-19(29)18-5-11(2)15(10-25-18)14-6-13-9-26-20(7-17(13)27-12(14)3)28-21(30)16-8-22(16,23)24;1-3-2-4/h5-7,9-10,16,18-19,25,29H,4,8H2,1-3H3,(H,26,28,30);2H,1H3,(H,3,4). The number of rotatable bonds is 6. The summed E-state index contributed by atoms with van der Waals surface area (Å²) in [6, 6.07) is 3.43. The van der Waals surface area contributed by atoms with Crippen molar-refractivity contribution < 1.29 is 23.5 Å². The van der Waals surface area contributed by atoms with E-state index in [2.05, 4.69) is 25.9 Å². The van der Waals surface area contributed by atoms with E-state index in [4.69, 9.17) is 4.79 Å². The molecular weight excluding hydrogens is 444 g/mol. The third-order valence-electron chi connectivity index (χ3n) is 5.80. The van der Waals surface area contributed by atoms with Crippen LogP contribution >= 0.6 is 0 Å². The summed E-state index contributed by atoms with van der Waals surface area (Å²) in [7, 11) is 1.56. The van der Waals surface area contributed by atoms with Gasteiger partial charge in [0, 0.05) is 54.1 Å². The number of alkyl halides is 2. The first kappa shape index (κ1) is 25.2. The molecule has 2 aromatic heterocycles. The monoisotopic (exact) mass is 473 g/mol. The van der Waals surface area contributed by atoms with Gasteiger partial charge in [-0.25, -0.2) is 13.8 Å². The third kappa shape index (κ3) is 5.56. The Hall–Kier alpha value is -3.40. The van der Waals surface area contributed by atoms with Crippen molar-refractivity contribution in [2.75, 3.05) is 12.4 Å². The smallest absolute Gasteiger partial charge is 0.260 e. The zero-order valence-electron chi connectivity index (χ0n) is 19.5. The van der Waals surface area contributed by atoms with Gasteiger partial charge in [-0.2, -0.15) is 0 Å². The summed E-state index contributed by atoms with van der Waals surface area (Å²) in [6.07, 6.45) is 5.89. The highest BCUT2D eigenvalue weighted by atomic mass is 19.3. The molecule has 0 saturated heterocycles. The second-order valence-electron chi connectivity index (χ2n) is 8.37. The lowest BCUT2D eigenvalue weighted by molar-refractivity contribution is -0.119. The molecule has 4 rings (SSSR count). The number of dihydropyridines is 1. The molecule has 1 fully saturated rings. The van der Waals surface area contributed by atoms with E-state index in [1.165, 1.54) is 0 Å². The first-order valence-corrected chi connectivity index (χ1v) is 11.0. The number of fused-ring (bicyclic) bond motifs is 1. The topological polar surface area (TPSA) is 116 Å². The van der Waals surface area contributed by atoms with E-state index >= 15 is 0 Å². The van der Waals surface area contributed by atoms with Crippen LogP contribution in [0.1, 0.15) is 37.9 Å². The van der Waals surface area contributed by atoms with Gasteiger partial charge in [-0.1, -0.05) is 13.0 Å². The molecule has 2 amide bonds. The van der Waals surface area contributed by atoms with Crippen LogP contribution in [0.5, 0.6) is 0 Å². The first-order valence-electron chi connectivity index (χ1n) is 11.0. The molecule has 1 saturated carbocycles. The van der Waals surface area contributed by atoms with Gasteiger partial charge in [0.1, 0.15) is 11.7 Å². The molecule has 8 nitrogen and oxygen atoms in total. The van der Waals surface area contributed by atoms with Crippen LogP contribution in [0.15, 0.2) is 36.2 Å². The van der Waals surface area contributed by atoms with Crippen molar-refractivity contribution in [2.24, 2.45) is 5.92 Å². The number of pyridine rings is 2. The first-order chi connectivity index (χ1) is 16.1. The van der Waals surface area contributed by atoms with E-state index in [0.29, 0.717) is 18.3 Å². The molecule has 0 bridgehead atoms. The number of amides is 2. The van der Waals surface area contributed by atoms with Crippen LogP contribution in [0, 0.1) is 12.8 Å². The van der Waals surface area contributed by atoms with Gasteiger partial charge in [0.05, 0.1) is 17.7 Å². The van der Waals surface area contributed by atoms with Crippen LogP contribution in [0.4, 0.5) is 14.6 Å². The maximum Gasteiger partial charge on any atom is 0.260 e. The van der Waals surface area contributed by atoms with Crippen LogP contribution in [-0.2, 0) is 9.59 Å². The molecule has 3 unspecified atom stereocenters. The number of aliphatic hydroxyl groups excluding tert-OH is 1. The average molecular weight is 474 g/mol. The molecule has 182 valence electrons. The highest BCUT2D eigenvalue weighted by molar-refractivity contribution is 5.96. The van der Waals surface area contributed by atoms with Crippen molar-refractivity contribution in [1.29, 1.82) is 0 Å². The van der Waals surface area contributed by atoms with Crippen molar-refractivity contribution in [3.05, 3.63) is 47.4 Å². The number of hydrogen-bond acceptors (Lipinski definition) is 6. The van der Waals surface area contributed by atoms with Crippen LogP contribution < -0.4 is 16.0 Å². The van der Waals surface area contributed by atoms with Gasteiger partial charge in [0.25, 0.3) is 5.92 Å². The second-order valence-corrected chi connectivity index (χ2v) is 8.37. The minimum Gasteiger partial charge on any atom is -0.391 e. The van der Waals surface area contributed by atoms with Gasteiger partial charge in [-0.15, -0.1) is 0 Å². The van der Waals surface area contributed by atoms with Crippen LogP contribution in [0.25, 0.3) is 16.5 Å². The fraction of sp³-hybridized carbons (Fsp3) is 0.417. The number of carbonyl (C=O) groups excluding carboxylic acids is 2. The van der Waals surface area contributed by atoms with Crippen LogP contribution in [0.2, 0.25) is 0 Å². The Morgan fingerprint density at radius 2 is 2.06 bits per heavy atom. The summed E-state index contributed by atoms with van der Waals surface area (Å²) in [5, 5.41) is 18.8. The molecule has 10 heteroatoms. The Bertz CT molecular complexity index is 1150. The molecule has 0 spiro atoms. The van der Waals surface area contributed by atoms with E-state index in [0.717, 1.165) is 27.8 Å². The van der Waals surface area contributed by atoms with Crippen molar-refractivity contribution in [1.82, 2.24) is 20.6 Å². The number of aromatic nitrogens is 2. The molecule has 4 N–H and O–H groups in total. The number of aliphatic hydroxyl groups is 1. The zero-order valence-corrected chi connectivity index (χ0v) is 19.5. The number of hydrogen-bond donors (Lipinski definition) is 4. The fourth-order valence-electron chi connectivity index (χ4n) is 3.68. The van der Waals surface area contributed by atoms with Gasteiger partial charge in [-0.05, 0) is 31.9 Å². The number of carbonyl (C=O) groups is 2. The number of allylic oxidation sites excluding steroid dienone is 2. The number of anilines is 1. The summed E-state index contributed by atoms with van der Waals surface area (Å²) >= 11 is 0. The van der Waals surface area contributed by atoms with E-state index in [1.54, 1.807) is 19.3 Å². The van der Waals surface area contributed by atoms with Gasteiger partial charge in [0.15, 0.2) is 0 Å². The molecule has 1 aliphatic carbocycles. The maximum atomic E-state index is 13.1. The predicted octanol–water partition coefficient (Wildman–Crippen LogP) is 2.92. The Balaban J connectivity index is 0.000000751. The fourth-order valence-corrected chi connectivity index (χ4v) is 3.68. The molecule has 0 aromatic carbocycles. The Kier molecular flexibility index (Phi) is 7.61. The molecule has 2 aliphatic rings. The van der Waals surface area contributed by atoms with Crippen molar-refractivity contribution >= 4 is 34.6 Å². The van der Waals surface area contributed by atoms with Crippen LogP contribution in [0.3, 0.4) is 0 Å². The minimum atomic E-state index is -2.91. The molecule has 0 radical (unpaired) electrons. The molecule has 34 heavy (non-hydrogen) atoms. The molecule has 3 atom stereocenters. The number of halogens is 2. The lowest BCUT2D eigenvalue weighted by Gasteiger charge is -2.26. The summed E-state index contributed by atoms with van der Waals surface area (Å²) in [4.78, 5) is 29.8. The van der Waals surface area contributed by atoms with Crippen molar-refractivity contribution in [3.8, 4) is 0 Å². The van der Waals surface area contributed by atoms with E-state index in [9.17, 15) is 18.7 Å². The summed E-state index contributed by atoms with van der Waals surface area (Å²) < 4.78 is 26.1. The highest BCUT2D eigenvalue weighted by Gasteiger charge is 2.61. The third-order valence-corrected chi connectivity index (χ3v) is 5.80. The molecule has 3 heterocycles. The summed E-state index contributed by atoms with van der Waals surface area (Å²) in [5.74, 6) is -4.70. The summed E-state index contributed by atoms with van der Waals surface area (Å²) in [6.45, 7) is 5.82. The Morgan fingerprint density at radius 3 is 2.62 bits per heavy atom. The Labute approximate surface area is 196 Å². The summed E-state index contributed by atoms with van der Waals surface area (Å²) in [5.41, 5.74) is 4.36. The second kappa shape index (κ2) is 10.3. The zero-order chi connectivity index (χ0) is 25.0. The van der Waals surface area contributed by atoms with E-state index in [-0.39, 0.29) is 11.9 Å². The van der Waals surface area contributed by atoms with Gasteiger partial charge < -0.3 is 21.1 Å². The highest BCUT2D eigenvalue weighted by Crippen LogP contribution is 2.49. The molecular formula is C24H29F2N5O3. The molecule has 2 aromatic rings. The number of nitrogens with zero attached hydrogens (tertiary/aromatic N) is 2. The van der Waals surface area contributed by atoms with Crippen molar-refractivity contribution in [2.45, 2.75) is 51.7 Å². The maximum absolute atomic E-state index is 13.1. The van der Waals surface area contributed by atoms with E-state index in [1.807, 2.05) is 39.1 Å². The number of nitrogens with one attached hydrogen (secondary N) is 3. The SMILES string of the molecule is CCC(O)C1C=C(C)C(c2cc3cnc(NC(=O)C4CC4(F)F)cc3nc2C)=CN1.CNC=O. The Morgan fingerprint density at radius 1 is 1.38 bits per heavy atom.